The average molecular weight is 407 g/mol. The lowest BCUT2D eigenvalue weighted by atomic mass is 10.2. The molecule has 8 nitrogen and oxygen atoms in total. The molecule has 164 valence electrons. The van der Waals surface area contributed by atoms with Gasteiger partial charge in [0, 0.05) is 59.2 Å². The highest BCUT2D eigenvalue weighted by Crippen LogP contribution is 2.16. The third-order valence-electron chi connectivity index (χ3n) is 4.81. The molecule has 0 saturated carbocycles. The van der Waals surface area contributed by atoms with Gasteiger partial charge in [-0.05, 0) is 45.0 Å². The molecule has 29 heavy (non-hydrogen) atoms. The summed E-state index contributed by atoms with van der Waals surface area (Å²) in [5, 5.41) is 6.74. The van der Waals surface area contributed by atoms with E-state index in [0.717, 1.165) is 76.2 Å². The zero-order valence-electron chi connectivity index (χ0n) is 18.5. The first-order valence-electron chi connectivity index (χ1n) is 10.6. The van der Waals surface area contributed by atoms with Crippen LogP contribution in [0.25, 0.3) is 0 Å². The number of ether oxygens (including phenoxy) is 2. The predicted octanol–water partition coefficient (Wildman–Crippen LogP) is 1.33. The van der Waals surface area contributed by atoms with Crippen LogP contribution < -0.4 is 15.5 Å². The van der Waals surface area contributed by atoms with Crippen LogP contribution in [0.4, 0.5) is 5.82 Å². The van der Waals surface area contributed by atoms with Crippen molar-refractivity contribution in [3.05, 3.63) is 23.9 Å². The van der Waals surface area contributed by atoms with Crippen LogP contribution in [-0.2, 0) is 16.0 Å². The summed E-state index contributed by atoms with van der Waals surface area (Å²) in [6.07, 6.45) is 3.16. The number of anilines is 1. The molecule has 0 spiro atoms. The number of aliphatic imine (C=N–C) groups is 1. The van der Waals surface area contributed by atoms with Crippen molar-refractivity contribution in [1.29, 1.82) is 0 Å². The van der Waals surface area contributed by atoms with Crippen LogP contribution in [0.15, 0.2) is 23.3 Å². The Morgan fingerprint density at radius 3 is 3.03 bits per heavy atom. The molecular weight excluding hydrogens is 368 g/mol. The fraction of sp³-hybridized carbons (Fsp3) is 0.714. The lowest BCUT2D eigenvalue weighted by Gasteiger charge is -2.32. The maximum Gasteiger partial charge on any atom is 0.191 e. The molecule has 2 rings (SSSR count). The van der Waals surface area contributed by atoms with E-state index in [4.69, 9.17) is 14.5 Å². The van der Waals surface area contributed by atoms with Gasteiger partial charge in [0.25, 0.3) is 0 Å². The number of nitrogens with zero attached hydrogens (tertiary/aromatic N) is 4. The molecule has 1 fully saturated rings. The summed E-state index contributed by atoms with van der Waals surface area (Å²) in [7, 11) is 3.88. The molecule has 0 radical (unpaired) electrons. The van der Waals surface area contributed by atoms with E-state index >= 15 is 0 Å². The minimum absolute atomic E-state index is 0.240. The predicted molar refractivity (Wildman–Crippen MR) is 119 cm³/mol. The van der Waals surface area contributed by atoms with E-state index < -0.39 is 0 Å². The smallest absolute Gasteiger partial charge is 0.191 e. The van der Waals surface area contributed by atoms with E-state index in [2.05, 4.69) is 52.4 Å². The van der Waals surface area contributed by atoms with Gasteiger partial charge in [-0.25, -0.2) is 9.98 Å². The second-order valence-electron chi connectivity index (χ2n) is 7.42. The Morgan fingerprint density at radius 1 is 1.41 bits per heavy atom. The maximum atomic E-state index is 5.63. The summed E-state index contributed by atoms with van der Waals surface area (Å²) >= 11 is 0. The zero-order valence-corrected chi connectivity index (χ0v) is 18.5. The van der Waals surface area contributed by atoms with Gasteiger partial charge in [-0.2, -0.15) is 0 Å². The quantitative estimate of drug-likeness (QED) is 0.326. The number of nitrogens with one attached hydrogen (secondary N) is 2. The van der Waals surface area contributed by atoms with Crippen LogP contribution in [0.2, 0.25) is 0 Å². The Labute approximate surface area is 175 Å². The molecular formula is C21H38N6O2. The number of rotatable bonds is 11. The lowest BCUT2D eigenvalue weighted by Crippen LogP contribution is -2.41. The molecule has 1 saturated heterocycles. The number of pyridine rings is 1. The summed E-state index contributed by atoms with van der Waals surface area (Å²) < 4.78 is 10.7. The SMILES string of the molecule is CCNC(=NCc1ccnc(N2CCOC(C)C2)c1)NCCN(C)CCCOC. The Bertz CT molecular complexity index is 613. The van der Waals surface area contributed by atoms with Crippen LogP contribution in [0.1, 0.15) is 25.8 Å². The third-order valence-corrected chi connectivity index (χ3v) is 4.81. The highest BCUT2D eigenvalue weighted by molar-refractivity contribution is 5.79. The van der Waals surface area contributed by atoms with Crippen LogP contribution >= 0.6 is 0 Å². The van der Waals surface area contributed by atoms with Gasteiger partial charge in [-0.15, -0.1) is 0 Å². The summed E-state index contributed by atoms with van der Waals surface area (Å²) in [6, 6.07) is 4.17. The van der Waals surface area contributed by atoms with Crippen LogP contribution in [-0.4, -0.2) is 88.6 Å². The summed E-state index contributed by atoms with van der Waals surface area (Å²) in [6.45, 7) is 11.8. The first kappa shape index (κ1) is 23.4. The summed E-state index contributed by atoms with van der Waals surface area (Å²) in [5.41, 5.74) is 1.16. The largest absolute Gasteiger partial charge is 0.385 e. The highest BCUT2D eigenvalue weighted by Gasteiger charge is 2.17. The van der Waals surface area contributed by atoms with Gasteiger partial charge in [-0.1, -0.05) is 0 Å². The zero-order chi connectivity index (χ0) is 20.9. The number of hydrogen-bond donors (Lipinski definition) is 2. The number of morpholine rings is 1. The van der Waals surface area contributed by atoms with E-state index in [1.165, 1.54) is 0 Å². The molecule has 1 unspecified atom stereocenters. The van der Waals surface area contributed by atoms with Gasteiger partial charge in [0.1, 0.15) is 5.82 Å². The molecule has 0 amide bonds. The van der Waals surface area contributed by atoms with Gasteiger partial charge in [0.15, 0.2) is 5.96 Å². The highest BCUT2D eigenvalue weighted by atomic mass is 16.5. The standard InChI is InChI=1S/C21H38N6O2/c1-5-22-21(24-9-11-26(3)10-6-13-28-4)25-16-19-7-8-23-20(15-19)27-12-14-29-18(2)17-27/h7-8,15,18H,5-6,9-14,16-17H2,1-4H3,(H2,22,24,25). The first-order chi connectivity index (χ1) is 14.1. The van der Waals surface area contributed by atoms with Gasteiger partial charge < -0.3 is 29.9 Å². The molecule has 8 heteroatoms. The number of methoxy groups -OCH3 is 1. The normalized spacial score (nSPS) is 17.6. The molecule has 1 aliphatic heterocycles. The second-order valence-corrected chi connectivity index (χ2v) is 7.42. The van der Waals surface area contributed by atoms with Crippen molar-refractivity contribution in [3.63, 3.8) is 0 Å². The molecule has 2 heterocycles. The van der Waals surface area contributed by atoms with Crippen molar-refractivity contribution < 1.29 is 9.47 Å². The summed E-state index contributed by atoms with van der Waals surface area (Å²) in [5.74, 6) is 1.85. The van der Waals surface area contributed by atoms with Gasteiger partial charge >= 0.3 is 0 Å². The second kappa shape index (κ2) is 13.3. The Kier molecular flexibility index (Phi) is 10.8. The molecule has 1 aliphatic rings. The van der Waals surface area contributed by atoms with Crippen LogP contribution in [0.5, 0.6) is 0 Å². The summed E-state index contributed by atoms with van der Waals surface area (Å²) in [4.78, 5) is 13.9. The maximum absolute atomic E-state index is 5.63. The molecule has 0 aliphatic carbocycles. The molecule has 0 aromatic carbocycles. The topological polar surface area (TPSA) is 74.2 Å². The van der Waals surface area contributed by atoms with Crippen molar-refractivity contribution >= 4 is 11.8 Å². The van der Waals surface area contributed by atoms with E-state index in [0.29, 0.717) is 6.54 Å². The van der Waals surface area contributed by atoms with Gasteiger partial charge in [0.05, 0.1) is 19.3 Å². The molecule has 2 N–H and O–H groups in total. The van der Waals surface area contributed by atoms with Crippen molar-refractivity contribution in [2.24, 2.45) is 4.99 Å². The third kappa shape index (κ3) is 8.97. The van der Waals surface area contributed by atoms with Crippen molar-refractivity contribution in [2.75, 3.05) is 71.5 Å². The number of hydrogen-bond acceptors (Lipinski definition) is 6. The van der Waals surface area contributed by atoms with Crippen molar-refractivity contribution in [1.82, 2.24) is 20.5 Å². The molecule has 1 aromatic heterocycles. The molecule has 0 bridgehead atoms. The van der Waals surface area contributed by atoms with E-state index in [1.54, 1.807) is 7.11 Å². The molecule has 1 aromatic rings. The Hall–Kier alpha value is -1.90. The number of guanidine groups is 1. The minimum atomic E-state index is 0.240. The molecule has 1 atom stereocenters. The first-order valence-corrected chi connectivity index (χ1v) is 10.6. The average Bonchev–Trinajstić information content (AvgIpc) is 2.72. The van der Waals surface area contributed by atoms with E-state index in [1.807, 2.05) is 12.3 Å². The van der Waals surface area contributed by atoms with Crippen molar-refractivity contribution in [2.45, 2.75) is 32.9 Å². The Balaban J connectivity index is 1.85. The number of aromatic nitrogens is 1. The van der Waals surface area contributed by atoms with E-state index in [9.17, 15) is 0 Å². The fourth-order valence-electron chi connectivity index (χ4n) is 3.23. The monoisotopic (exact) mass is 406 g/mol. The van der Waals surface area contributed by atoms with Crippen molar-refractivity contribution in [3.8, 4) is 0 Å². The number of likely N-dealkylation sites (N-methyl/N-ethyl adjacent to an activating group) is 1. The fourth-order valence-corrected chi connectivity index (χ4v) is 3.23. The van der Waals surface area contributed by atoms with Crippen LogP contribution in [0.3, 0.4) is 0 Å². The van der Waals surface area contributed by atoms with Gasteiger partial charge in [-0.3, -0.25) is 0 Å². The van der Waals surface area contributed by atoms with Gasteiger partial charge in [0.2, 0.25) is 0 Å². The Morgan fingerprint density at radius 2 is 2.28 bits per heavy atom. The van der Waals surface area contributed by atoms with Crippen LogP contribution in [0, 0.1) is 0 Å². The minimum Gasteiger partial charge on any atom is -0.385 e. The van der Waals surface area contributed by atoms with E-state index in [-0.39, 0.29) is 6.10 Å². The lowest BCUT2D eigenvalue weighted by molar-refractivity contribution is 0.0529.